The molecule has 0 radical (unpaired) electrons. The first-order valence-corrected chi connectivity index (χ1v) is 9.00. The van der Waals surface area contributed by atoms with Gasteiger partial charge in [-0.1, -0.05) is 29.5 Å². The number of likely N-dealkylation sites (tertiary alicyclic amines) is 1. The lowest BCUT2D eigenvalue weighted by Gasteiger charge is -2.38. The van der Waals surface area contributed by atoms with Crippen LogP contribution in [0.2, 0.25) is 0 Å². The Morgan fingerprint density at radius 1 is 1.36 bits per heavy atom. The standard InChI is InChI=1S/C17H22N4O3S/c1-12-19-20-16(25-12)18-15(22)11-21-9-7-17(23,8-10-21)13-5-3-4-6-14(13)24-2/h3-6,23H,7-11H2,1-2H3,(H,18,20,22). The van der Waals surface area contributed by atoms with Crippen molar-refractivity contribution in [2.75, 3.05) is 32.1 Å². The summed E-state index contributed by atoms with van der Waals surface area (Å²) >= 11 is 1.35. The highest BCUT2D eigenvalue weighted by molar-refractivity contribution is 7.15. The van der Waals surface area contributed by atoms with E-state index in [1.54, 1.807) is 7.11 Å². The molecule has 1 saturated heterocycles. The molecule has 1 fully saturated rings. The van der Waals surface area contributed by atoms with E-state index in [0.717, 1.165) is 10.6 Å². The van der Waals surface area contributed by atoms with Gasteiger partial charge in [-0.2, -0.15) is 0 Å². The van der Waals surface area contributed by atoms with Crippen LogP contribution in [0.5, 0.6) is 5.75 Å². The molecular weight excluding hydrogens is 340 g/mol. The highest BCUT2D eigenvalue weighted by Crippen LogP contribution is 2.37. The minimum Gasteiger partial charge on any atom is -0.496 e. The van der Waals surface area contributed by atoms with Crippen LogP contribution in [0.15, 0.2) is 24.3 Å². The molecular formula is C17H22N4O3S. The molecule has 1 amide bonds. The summed E-state index contributed by atoms with van der Waals surface area (Å²) in [6, 6.07) is 7.55. The van der Waals surface area contributed by atoms with Crippen molar-refractivity contribution in [2.24, 2.45) is 0 Å². The van der Waals surface area contributed by atoms with Crippen LogP contribution in [0, 0.1) is 6.92 Å². The number of aryl methyl sites for hydroxylation is 1. The van der Waals surface area contributed by atoms with Gasteiger partial charge in [-0.25, -0.2) is 0 Å². The predicted molar refractivity (Wildman–Crippen MR) is 95.8 cm³/mol. The maximum absolute atomic E-state index is 12.1. The number of benzene rings is 1. The van der Waals surface area contributed by atoms with E-state index in [1.807, 2.05) is 36.1 Å². The Hall–Kier alpha value is -2.03. The van der Waals surface area contributed by atoms with E-state index >= 15 is 0 Å². The number of nitrogens with zero attached hydrogens (tertiary/aromatic N) is 3. The normalized spacial score (nSPS) is 17.2. The van der Waals surface area contributed by atoms with Crippen LogP contribution in [0.4, 0.5) is 5.13 Å². The molecule has 2 aromatic rings. The van der Waals surface area contributed by atoms with Crippen LogP contribution in [-0.2, 0) is 10.4 Å². The number of amides is 1. The van der Waals surface area contributed by atoms with Gasteiger partial charge >= 0.3 is 0 Å². The van der Waals surface area contributed by atoms with Crippen LogP contribution in [0.3, 0.4) is 0 Å². The van der Waals surface area contributed by atoms with Gasteiger partial charge in [0.05, 0.1) is 19.3 Å². The first-order valence-electron chi connectivity index (χ1n) is 8.18. The second-order valence-electron chi connectivity index (χ2n) is 6.18. The number of aromatic nitrogens is 2. The predicted octanol–water partition coefficient (Wildman–Crippen LogP) is 1.78. The monoisotopic (exact) mass is 362 g/mol. The average Bonchev–Trinajstić information content (AvgIpc) is 3.01. The van der Waals surface area contributed by atoms with Crippen molar-refractivity contribution in [3.8, 4) is 5.75 Å². The van der Waals surface area contributed by atoms with E-state index < -0.39 is 5.60 Å². The lowest BCUT2D eigenvalue weighted by atomic mass is 9.84. The number of anilines is 1. The van der Waals surface area contributed by atoms with Crippen molar-refractivity contribution in [3.05, 3.63) is 34.8 Å². The Labute approximate surface area is 150 Å². The number of hydrogen-bond donors (Lipinski definition) is 2. The van der Waals surface area contributed by atoms with E-state index in [2.05, 4.69) is 15.5 Å². The van der Waals surface area contributed by atoms with E-state index in [-0.39, 0.29) is 12.5 Å². The fraction of sp³-hybridized carbons (Fsp3) is 0.471. The third kappa shape index (κ3) is 4.15. The number of ether oxygens (including phenoxy) is 1. The summed E-state index contributed by atoms with van der Waals surface area (Å²) in [7, 11) is 1.61. The molecule has 1 aromatic carbocycles. The summed E-state index contributed by atoms with van der Waals surface area (Å²) < 4.78 is 5.37. The number of hydrogen-bond acceptors (Lipinski definition) is 7. The van der Waals surface area contributed by atoms with Gasteiger partial charge in [0.25, 0.3) is 0 Å². The fourth-order valence-electron chi connectivity index (χ4n) is 3.09. The number of carbonyl (C=O) groups excluding carboxylic acids is 1. The number of aliphatic hydroxyl groups is 1. The molecule has 1 aliphatic heterocycles. The Kier molecular flexibility index (Phi) is 5.31. The van der Waals surface area contributed by atoms with E-state index in [0.29, 0.717) is 36.8 Å². The van der Waals surface area contributed by atoms with Crippen molar-refractivity contribution in [1.82, 2.24) is 15.1 Å². The number of rotatable bonds is 5. The summed E-state index contributed by atoms with van der Waals surface area (Å²) in [5.74, 6) is 0.585. The molecule has 0 bridgehead atoms. The van der Waals surface area contributed by atoms with Crippen LogP contribution in [0.1, 0.15) is 23.4 Å². The quantitative estimate of drug-likeness (QED) is 0.843. The van der Waals surface area contributed by atoms with Gasteiger partial charge in [-0.3, -0.25) is 15.0 Å². The first-order chi connectivity index (χ1) is 12.0. The molecule has 1 aliphatic rings. The molecule has 0 saturated carbocycles. The number of nitrogens with one attached hydrogen (secondary N) is 1. The van der Waals surface area contributed by atoms with Gasteiger partial charge in [-0.05, 0) is 25.8 Å². The van der Waals surface area contributed by atoms with Crippen molar-refractivity contribution < 1.29 is 14.6 Å². The summed E-state index contributed by atoms with van der Waals surface area (Å²) in [5.41, 5.74) is -0.110. The molecule has 0 atom stereocenters. The highest BCUT2D eigenvalue weighted by Gasteiger charge is 2.36. The van der Waals surface area contributed by atoms with Gasteiger partial charge in [-0.15, -0.1) is 10.2 Å². The minimum absolute atomic E-state index is 0.112. The lowest BCUT2D eigenvalue weighted by molar-refractivity contribution is -0.118. The first kappa shape index (κ1) is 17.8. The van der Waals surface area contributed by atoms with Crippen molar-refractivity contribution in [2.45, 2.75) is 25.4 Å². The van der Waals surface area contributed by atoms with Crippen molar-refractivity contribution in [3.63, 3.8) is 0 Å². The van der Waals surface area contributed by atoms with Crippen LogP contribution >= 0.6 is 11.3 Å². The summed E-state index contributed by atoms with van der Waals surface area (Å²) in [6.07, 6.45) is 1.11. The van der Waals surface area contributed by atoms with Gasteiger partial charge in [0.15, 0.2) is 0 Å². The van der Waals surface area contributed by atoms with E-state index in [4.69, 9.17) is 4.74 Å². The van der Waals surface area contributed by atoms with Crippen LogP contribution < -0.4 is 10.1 Å². The second-order valence-corrected chi connectivity index (χ2v) is 7.36. The zero-order chi connectivity index (χ0) is 17.9. The van der Waals surface area contributed by atoms with E-state index in [9.17, 15) is 9.90 Å². The number of para-hydroxylation sites is 1. The molecule has 0 spiro atoms. The SMILES string of the molecule is COc1ccccc1C1(O)CCN(CC(=O)Nc2nnc(C)s2)CC1. The van der Waals surface area contributed by atoms with Gasteiger partial charge in [0.2, 0.25) is 11.0 Å². The van der Waals surface area contributed by atoms with E-state index in [1.165, 1.54) is 11.3 Å². The van der Waals surface area contributed by atoms with Crippen LogP contribution in [0.25, 0.3) is 0 Å². The summed E-state index contributed by atoms with van der Waals surface area (Å²) in [6.45, 7) is 3.39. The van der Waals surface area contributed by atoms with Crippen LogP contribution in [-0.4, -0.2) is 52.9 Å². The van der Waals surface area contributed by atoms with Gasteiger partial charge in [0, 0.05) is 18.7 Å². The maximum Gasteiger partial charge on any atom is 0.240 e. The summed E-state index contributed by atoms with van der Waals surface area (Å²) in [5, 5.41) is 22.9. The molecule has 2 heterocycles. The van der Waals surface area contributed by atoms with Gasteiger partial charge in [0.1, 0.15) is 10.8 Å². The third-order valence-corrected chi connectivity index (χ3v) is 5.19. The number of methoxy groups -OCH3 is 1. The van der Waals surface area contributed by atoms with Crippen molar-refractivity contribution >= 4 is 22.4 Å². The molecule has 134 valence electrons. The Morgan fingerprint density at radius 3 is 2.72 bits per heavy atom. The Morgan fingerprint density at radius 2 is 2.08 bits per heavy atom. The molecule has 3 rings (SSSR count). The third-order valence-electron chi connectivity index (χ3n) is 4.43. The number of carbonyl (C=O) groups is 1. The average molecular weight is 362 g/mol. The van der Waals surface area contributed by atoms with Gasteiger partial charge < -0.3 is 9.84 Å². The Bertz CT molecular complexity index is 741. The molecule has 1 aromatic heterocycles. The topological polar surface area (TPSA) is 87.6 Å². The molecule has 25 heavy (non-hydrogen) atoms. The fourth-order valence-corrected chi connectivity index (χ4v) is 3.70. The summed E-state index contributed by atoms with van der Waals surface area (Å²) in [4.78, 5) is 14.2. The molecule has 0 aliphatic carbocycles. The molecule has 0 unspecified atom stereocenters. The smallest absolute Gasteiger partial charge is 0.240 e. The Balaban J connectivity index is 1.57. The zero-order valence-corrected chi connectivity index (χ0v) is 15.2. The molecule has 8 heteroatoms. The maximum atomic E-state index is 12.1. The highest BCUT2D eigenvalue weighted by atomic mass is 32.1. The largest absolute Gasteiger partial charge is 0.496 e. The minimum atomic E-state index is -0.921. The lowest BCUT2D eigenvalue weighted by Crippen LogP contribution is -2.45. The zero-order valence-electron chi connectivity index (χ0n) is 14.4. The molecule has 2 N–H and O–H groups in total. The van der Waals surface area contributed by atoms with Crippen molar-refractivity contribution in [1.29, 1.82) is 0 Å². The number of piperidine rings is 1. The molecule has 7 nitrogen and oxygen atoms in total. The second kappa shape index (κ2) is 7.47.